The molecule has 2 fully saturated rings. The van der Waals surface area contributed by atoms with Crippen molar-refractivity contribution in [2.75, 3.05) is 5.32 Å². The Labute approximate surface area is 236 Å². The molecule has 10 heteroatoms. The van der Waals surface area contributed by atoms with Gasteiger partial charge in [0.15, 0.2) is 0 Å². The molecule has 0 bridgehead atoms. The first kappa shape index (κ1) is 27.7. The first-order valence-electron chi connectivity index (χ1n) is 13.8. The van der Waals surface area contributed by atoms with Gasteiger partial charge in [0.2, 0.25) is 5.91 Å². The van der Waals surface area contributed by atoms with Crippen molar-refractivity contribution in [3.8, 4) is 6.07 Å². The molecule has 2 unspecified atom stereocenters. The third kappa shape index (κ3) is 5.68. The molecule has 1 aromatic heterocycles. The number of fused-ring (bicyclic) bond motifs is 1. The van der Waals surface area contributed by atoms with Gasteiger partial charge in [0, 0.05) is 35.8 Å². The Kier molecular flexibility index (Phi) is 7.81. The van der Waals surface area contributed by atoms with Gasteiger partial charge in [-0.1, -0.05) is 18.0 Å². The van der Waals surface area contributed by atoms with Crippen LogP contribution >= 0.6 is 11.6 Å². The highest BCUT2D eigenvalue weighted by Gasteiger charge is 2.29. The van der Waals surface area contributed by atoms with Crippen LogP contribution in [0, 0.1) is 23.2 Å². The standard InChI is InChI=1S/C30H32ClN5O4/c1-17(2)36-26-11-10-23(14-24(26)29(39)35(30(36)40)16-18-6-7-18)34-27(37)19-4-3-5-22(12-19)33-28(38)20-8-9-21(15-32)25(31)13-20/h8-11,13-14,17-19,22H,3-7,12,16H2,1-2H3,(H,33,38)(H,34,37). The molecule has 208 valence electrons. The Bertz CT molecular complexity index is 1650. The predicted octanol–water partition coefficient (Wildman–Crippen LogP) is 4.61. The number of benzene rings is 2. The van der Waals surface area contributed by atoms with Crippen molar-refractivity contribution in [1.82, 2.24) is 14.5 Å². The zero-order valence-electron chi connectivity index (χ0n) is 22.6. The molecular weight excluding hydrogens is 530 g/mol. The molecule has 2 aliphatic carbocycles. The molecule has 2 aliphatic rings. The molecule has 2 N–H and O–H groups in total. The summed E-state index contributed by atoms with van der Waals surface area (Å²) in [6.45, 7) is 4.24. The molecule has 2 saturated carbocycles. The first-order valence-corrected chi connectivity index (χ1v) is 14.1. The van der Waals surface area contributed by atoms with Crippen molar-refractivity contribution in [3.63, 3.8) is 0 Å². The van der Waals surface area contributed by atoms with Gasteiger partial charge in [-0.25, -0.2) is 4.79 Å². The fourth-order valence-electron chi connectivity index (χ4n) is 5.50. The molecule has 40 heavy (non-hydrogen) atoms. The molecule has 0 saturated heterocycles. The van der Waals surface area contributed by atoms with Crippen molar-refractivity contribution >= 4 is 40.0 Å². The summed E-state index contributed by atoms with van der Waals surface area (Å²) in [6, 6.07) is 11.3. The van der Waals surface area contributed by atoms with Crippen LogP contribution in [-0.4, -0.2) is 27.0 Å². The number of carbonyl (C=O) groups is 2. The van der Waals surface area contributed by atoms with Gasteiger partial charge in [-0.15, -0.1) is 0 Å². The molecule has 2 amide bonds. The summed E-state index contributed by atoms with van der Waals surface area (Å²) in [4.78, 5) is 52.5. The number of hydrogen-bond acceptors (Lipinski definition) is 5. The molecule has 5 rings (SSSR count). The molecule has 2 aromatic carbocycles. The van der Waals surface area contributed by atoms with Crippen LogP contribution in [0.25, 0.3) is 10.9 Å². The van der Waals surface area contributed by atoms with Crippen LogP contribution in [0.4, 0.5) is 5.69 Å². The number of carbonyl (C=O) groups excluding carboxylic acids is 2. The van der Waals surface area contributed by atoms with E-state index in [1.165, 1.54) is 16.7 Å². The zero-order chi connectivity index (χ0) is 28.6. The van der Waals surface area contributed by atoms with Crippen molar-refractivity contribution in [3.05, 3.63) is 73.4 Å². The smallest absolute Gasteiger partial charge is 0.331 e. The summed E-state index contributed by atoms with van der Waals surface area (Å²) in [5, 5.41) is 15.6. The fraction of sp³-hybridized carbons (Fsp3) is 0.433. The molecule has 1 heterocycles. The lowest BCUT2D eigenvalue weighted by molar-refractivity contribution is -0.121. The minimum atomic E-state index is -0.330. The number of hydrogen-bond donors (Lipinski definition) is 2. The van der Waals surface area contributed by atoms with Crippen LogP contribution in [0.5, 0.6) is 0 Å². The fourth-order valence-corrected chi connectivity index (χ4v) is 5.72. The highest BCUT2D eigenvalue weighted by molar-refractivity contribution is 6.32. The number of nitriles is 1. The van der Waals surface area contributed by atoms with E-state index in [2.05, 4.69) is 10.6 Å². The quantitative estimate of drug-likeness (QED) is 0.436. The SMILES string of the molecule is CC(C)n1c(=O)n(CC2CC2)c(=O)c2cc(NC(=O)C3CCCC(NC(=O)c4ccc(C#N)c(Cl)c4)C3)ccc21. The number of rotatable bonds is 7. The van der Waals surface area contributed by atoms with E-state index in [0.29, 0.717) is 53.0 Å². The van der Waals surface area contributed by atoms with Gasteiger partial charge in [-0.3, -0.25) is 23.5 Å². The van der Waals surface area contributed by atoms with Crippen LogP contribution in [0.15, 0.2) is 46.0 Å². The van der Waals surface area contributed by atoms with Crippen molar-refractivity contribution in [2.24, 2.45) is 11.8 Å². The highest BCUT2D eigenvalue weighted by Crippen LogP contribution is 2.30. The Balaban J connectivity index is 1.31. The largest absolute Gasteiger partial charge is 0.349 e. The summed E-state index contributed by atoms with van der Waals surface area (Å²) < 4.78 is 2.97. The van der Waals surface area contributed by atoms with E-state index in [-0.39, 0.29) is 46.1 Å². The Morgan fingerprint density at radius 3 is 2.55 bits per heavy atom. The molecular formula is C30H32ClN5O4. The summed E-state index contributed by atoms with van der Waals surface area (Å²) in [6.07, 6.45) is 4.74. The number of aromatic nitrogens is 2. The molecule has 3 aromatic rings. The van der Waals surface area contributed by atoms with Crippen LogP contribution in [0.1, 0.15) is 74.3 Å². The van der Waals surface area contributed by atoms with Gasteiger partial charge in [0.1, 0.15) is 6.07 Å². The summed E-state index contributed by atoms with van der Waals surface area (Å²) in [5.41, 5.74) is 1.09. The molecule has 2 atom stereocenters. The predicted molar refractivity (Wildman–Crippen MR) is 154 cm³/mol. The third-order valence-corrected chi connectivity index (χ3v) is 8.13. The third-order valence-electron chi connectivity index (χ3n) is 7.82. The van der Waals surface area contributed by atoms with E-state index in [1.807, 2.05) is 19.9 Å². The van der Waals surface area contributed by atoms with E-state index in [9.17, 15) is 19.2 Å². The van der Waals surface area contributed by atoms with Crippen LogP contribution < -0.4 is 21.9 Å². The first-order chi connectivity index (χ1) is 19.2. The second-order valence-electron chi connectivity index (χ2n) is 11.2. The molecule has 0 spiro atoms. The molecule has 0 radical (unpaired) electrons. The number of nitrogens with zero attached hydrogens (tertiary/aromatic N) is 3. The van der Waals surface area contributed by atoms with E-state index < -0.39 is 0 Å². The second-order valence-corrected chi connectivity index (χ2v) is 11.6. The normalized spacial score (nSPS) is 18.9. The van der Waals surface area contributed by atoms with Crippen LogP contribution in [-0.2, 0) is 11.3 Å². The Morgan fingerprint density at radius 2 is 1.88 bits per heavy atom. The lowest BCUT2D eigenvalue weighted by atomic mass is 9.85. The zero-order valence-corrected chi connectivity index (χ0v) is 23.3. The van der Waals surface area contributed by atoms with Crippen LogP contribution in [0.3, 0.4) is 0 Å². The van der Waals surface area contributed by atoms with Crippen LogP contribution in [0.2, 0.25) is 5.02 Å². The number of anilines is 1. The monoisotopic (exact) mass is 561 g/mol. The summed E-state index contributed by atoms with van der Waals surface area (Å²) in [5.74, 6) is -0.420. The lowest BCUT2D eigenvalue weighted by Gasteiger charge is -2.29. The van der Waals surface area contributed by atoms with Gasteiger partial charge < -0.3 is 10.6 Å². The molecule has 9 nitrogen and oxygen atoms in total. The van der Waals surface area contributed by atoms with Gasteiger partial charge in [0.25, 0.3) is 11.5 Å². The highest BCUT2D eigenvalue weighted by atomic mass is 35.5. The Hall–Kier alpha value is -3.90. The van der Waals surface area contributed by atoms with E-state index in [4.69, 9.17) is 16.9 Å². The van der Waals surface area contributed by atoms with Gasteiger partial charge in [-0.2, -0.15) is 5.26 Å². The summed E-state index contributed by atoms with van der Waals surface area (Å²) >= 11 is 6.08. The van der Waals surface area contributed by atoms with Crippen molar-refractivity contribution < 1.29 is 9.59 Å². The number of halogens is 1. The second kappa shape index (κ2) is 11.3. The molecule has 0 aliphatic heterocycles. The van der Waals surface area contributed by atoms with Gasteiger partial charge in [0.05, 0.1) is 21.5 Å². The summed E-state index contributed by atoms with van der Waals surface area (Å²) in [7, 11) is 0. The number of nitrogens with one attached hydrogen (secondary N) is 2. The van der Waals surface area contributed by atoms with E-state index in [1.54, 1.807) is 28.8 Å². The minimum absolute atomic E-state index is 0.129. The number of amides is 2. The topological polar surface area (TPSA) is 126 Å². The van der Waals surface area contributed by atoms with E-state index in [0.717, 1.165) is 25.7 Å². The maximum atomic E-state index is 13.3. The average Bonchev–Trinajstić information content (AvgIpc) is 3.75. The van der Waals surface area contributed by atoms with E-state index >= 15 is 0 Å². The van der Waals surface area contributed by atoms with Gasteiger partial charge >= 0.3 is 5.69 Å². The minimum Gasteiger partial charge on any atom is -0.349 e. The van der Waals surface area contributed by atoms with Crippen molar-refractivity contribution in [1.29, 1.82) is 5.26 Å². The van der Waals surface area contributed by atoms with Crippen molar-refractivity contribution in [2.45, 2.75) is 71.0 Å². The average molecular weight is 562 g/mol. The maximum Gasteiger partial charge on any atom is 0.331 e. The lowest BCUT2D eigenvalue weighted by Crippen LogP contribution is -2.41. The van der Waals surface area contributed by atoms with Gasteiger partial charge in [-0.05, 0) is 88.3 Å². The Morgan fingerprint density at radius 1 is 1.10 bits per heavy atom. The maximum absolute atomic E-state index is 13.3.